The first-order valence-electron chi connectivity index (χ1n) is 10.6. The number of halogens is 2. The van der Waals surface area contributed by atoms with Crippen LogP contribution >= 0.6 is 0 Å². The highest BCUT2D eigenvalue weighted by Gasteiger charge is 2.37. The van der Waals surface area contributed by atoms with Gasteiger partial charge in [0.2, 0.25) is 0 Å². The zero-order valence-corrected chi connectivity index (χ0v) is 17.4. The van der Waals surface area contributed by atoms with E-state index in [0.717, 1.165) is 25.1 Å². The molecule has 3 aliphatic heterocycles. The molecule has 31 heavy (non-hydrogen) atoms. The Balaban J connectivity index is 1.74. The first-order valence-corrected chi connectivity index (χ1v) is 10.6. The van der Waals surface area contributed by atoms with Crippen molar-refractivity contribution in [2.45, 2.75) is 32.2 Å². The maximum Gasteiger partial charge on any atom is 0.262 e. The third kappa shape index (κ3) is 3.26. The van der Waals surface area contributed by atoms with Crippen molar-refractivity contribution in [3.05, 3.63) is 47.5 Å². The molecule has 162 valence electrons. The topological polar surface area (TPSA) is 66.0 Å². The lowest BCUT2D eigenvalue weighted by Gasteiger charge is -2.39. The van der Waals surface area contributed by atoms with E-state index in [4.69, 9.17) is 4.74 Å². The average molecular weight is 426 g/mol. The third-order valence-electron chi connectivity index (χ3n) is 6.50. The Labute approximate surface area is 179 Å². The van der Waals surface area contributed by atoms with Crippen LogP contribution in [0.25, 0.3) is 11.1 Å². The zero-order chi connectivity index (χ0) is 21.7. The molecular weight excluding hydrogens is 402 g/mol. The van der Waals surface area contributed by atoms with Crippen molar-refractivity contribution in [1.29, 1.82) is 0 Å². The Kier molecular flexibility index (Phi) is 4.89. The predicted octanol–water partition coefficient (Wildman–Crippen LogP) is 3.38. The normalized spacial score (nSPS) is 25.2. The molecule has 2 aromatic rings. The van der Waals surface area contributed by atoms with Crippen LogP contribution in [0.5, 0.6) is 5.75 Å². The molecule has 0 aromatic heterocycles. The number of anilines is 1. The Morgan fingerprint density at radius 2 is 1.97 bits per heavy atom. The number of benzene rings is 2. The standard InChI is InChI=1S/C23H24F2N4O2/c1-12-10-26-7-6-14(12)15-8-19-20(9-16(15)22-17(24)4-3-5-18(22)25)31-11-21-27-28-23(30)13(2)29(19)21/h3-5,8-9,12-14,26H,6-7,10-11H2,1-2H3,(H,28,30)/t12-,13?,14+/m0/s1. The molecule has 3 aliphatic rings. The summed E-state index contributed by atoms with van der Waals surface area (Å²) in [5.74, 6) is 0.0601. The van der Waals surface area contributed by atoms with Gasteiger partial charge in [-0.3, -0.25) is 4.79 Å². The van der Waals surface area contributed by atoms with E-state index in [1.807, 2.05) is 11.0 Å². The van der Waals surface area contributed by atoms with Gasteiger partial charge in [-0.05, 0) is 73.7 Å². The van der Waals surface area contributed by atoms with Gasteiger partial charge in [-0.25, -0.2) is 14.2 Å². The smallest absolute Gasteiger partial charge is 0.262 e. The number of amides is 1. The number of hydrazone groups is 1. The number of carbonyl (C=O) groups excluding carboxylic acids is 1. The molecule has 1 saturated heterocycles. The maximum atomic E-state index is 14.8. The summed E-state index contributed by atoms with van der Waals surface area (Å²) in [6, 6.07) is 7.10. The van der Waals surface area contributed by atoms with E-state index in [2.05, 4.69) is 22.8 Å². The minimum atomic E-state index is -0.605. The number of piperidine rings is 1. The lowest BCUT2D eigenvalue weighted by Crippen LogP contribution is -2.55. The summed E-state index contributed by atoms with van der Waals surface area (Å²) in [4.78, 5) is 14.1. The van der Waals surface area contributed by atoms with Crippen LogP contribution in [0.4, 0.5) is 14.5 Å². The first kappa shape index (κ1) is 19.9. The van der Waals surface area contributed by atoms with Crippen LogP contribution in [0.15, 0.2) is 35.4 Å². The Hall–Kier alpha value is -3.00. The third-order valence-corrected chi connectivity index (χ3v) is 6.50. The Bertz CT molecular complexity index is 1070. The van der Waals surface area contributed by atoms with Crippen LogP contribution in [0.1, 0.15) is 31.7 Å². The fraction of sp³-hybridized carbons (Fsp3) is 0.391. The fourth-order valence-corrected chi connectivity index (χ4v) is 4.84. The van der Waals surface area contributed by atoms with E-state index in [1.165, 1.54) is 18.2 Å². The van der Waals surface area contributed by atoms with E-state index in [0.29, 0.717) is 22.8 Å². The number of carbonyl (C=O) groups is 1. The molecule has 1 fully saturated rings. The van der Waals surface area contributed by atoms with Gasteiger partial charge in [0.25, 0.3) is 5.91 Å². The van der Waals surface area contributed by atoms with Crippen molar-refractivity contribution in [3.8, 4) is 16.9 Å². The Morgan fingerprint density at radius 3 is 2.71 bits per heavy atom. The molecule has 3 atom stereocenters. The fourth-order valence-electron chi connectivity index (χ4n) is 4.84. The summed E-state index contributed by atoms with van der Waals surface area (Å²) < 4.78 is 35.5. The van der Waals surface area contributed by atoms with Crippen LogP contribution in [-0.2, 0) is 4.79 Å². The molecule has 3 heterocycles. The summed E-state index contributed by atoms with van der Waals surface area (Å²) in [6.45, 7) is 5.76. The molecule has 0 spiro atoms. The molecule has 8 heteroatoms. The number of fused-ring (bicyclic) bond motifs is 3. The van der Waals surface area contributed by atoms with E-state index in [-0.39, 0.29) is 29.9 Å². The highest BCUT2D eigenvalue weighted by atomic mass is 19.1. The minimum absolute atomic E-state index is 0.0430. The molecular formula is C23H24F2N4O2. The van der Waals surface area contributed by atoms with Crippen molar-refractivity contribution in [2.24, 2.45) is 11.0 Å². The zero-order valence-electron chi connectivity index (χ0n) is 17.4. The van der Waals surface area contributed by atoms with Gasteiger partial charge in [-0.1, -0.05) is 13.0 Å². The van der Waals surface area contributed by atoms with Crippen molar-refractivity contribution in [3.63, 3.8) is 0 Å². The number of nitrogens with zero attached hydrogens (tertiary/aromatic N) is 2. The Morgan fingerprint density at radius 1 is 1.19 bits per heavy atom. The van der Waals surface area contributed by atoms with Crippen molar-refractivity contribution < 1.29 is 18.3 Å². The molecule has 0 saturated carbocycles. The average Bonchev–Trinajstić information content (AvgIpc) is 2.76. The van der Waals surface area contributed by atoms with Crippen LogP contribution < -0.4 is 20.4 Å². The van der Waals surface area contributed by atoms with Crippen molar-refractivity contribution >= 4 is 17.4 Å². The maximum absolute atomic E-state index is 14.8. The largest absolute Gasteiger partial charge is 0.483 e. The van der Waals surface area contributed by atoms with Crippen molar-refractivity contribution in [2.75, 3.05) is 24.6 Å². The summed E-state index contributed by atoms with van der Waals surface area (Å²) in [6.07, 6.45) is 0.848. The van der Waals surface area contributed by atoms with Crippen LogP contribution in [0.3, 0.4) is 0 Å². The highest BCUT2D eigenvalue weighted by Crippen LogP contribution is 2.46. The molecule has 5 rings (SSSR count). The van der Waals surface area contributed by atoms with Gasteiger partial charge in [0.15, 0.2) is 5.84 Å². The van der Waals surface area contributed by atoms with Crippen LogP contribution in [0, 0.1) is 17.6 Å². The summed E-state index contributed by atoms with van der Waals surface area (Å²) in [5.41, 5.74) is 4.54. The number of rotatable bonds is 2. The SMILES string of the molecule is CC1C(=O)NN=C2COc3cc(-c4c(F)cccc4F)c([C@@H]4CCNC[C@@H]4C)cc3N21. The molecule has 1 amide bonds. The molecule has 2 aromatic carbocycles. The molecule has 0 aliphatic carbocycles. The van der Waals surface area contributed by atoms with Crippen LogP contribution in [-0.4, -0.2) is 37.5 Å². The van der Waals surface area contributed by atoms with E-state index in [1.54, 1.807) is 13.0 Å². The van der Waals surface area contributed by atoms with Gasteiger partial charge in [0, 0.05) is 0 Å². The second-order valence-electron chi connectivity index (χ2n) is 8.42. The number of hydrogen-bond acceptors (Lipinski definition) is 5. The lowest BCUT2D eigenvalue weighted by atomic mass is 9.78. The molecule has 0 bridgehead atoms. The summed E-state index contributed by atoms with van der Waals surface area (Å²) in [5, 5.41) is 7.52. The molecule has 0 radical (unpaired) electrons. The number of hydrogen-bond donors (Lipinski definition) is 2. The van der Waals surface area contributed by atoms with E-state index < -0.39 is 17.7 Å². The quantitative estimate of drug-likeness (QED) is 0.773. The monoisotopic (exact) mass is 426 g/mol. The molecule has 1 unspecified atom stereocenters. The van der Waals surface area contributed by atoms with Gasteiger partial charge in [0.1, 0.15) is 30.0 Å². The number of amidine groups is 1. The van der Waals surface area contributed by atoms with Gasteiger partial charge >= 0.3 is 0 Å². The summed E-state index contributed by atoms with van der Waals surface area (Å²) >= 11 is 0. The van der Waals surface area contributed by atoms with Crippen molar-refractivity contribution in [1.82, 2.24) is 10.7 Å². The minimum Gasteiger partial charge on any atom is -0.483 e. The van der Waals surface area contributed by atoms with E-state index >= 15 is 0 Å². The predicted molar refractivity (Wildman–Crippen MR) is 114 cm³/mol. The summed E-state index contributed by atoms with van der Waals surface area (Å²) in [7, 11) is 0. The van der Waals surface area contributed by atoms with Gasteiger partial charge < -0.3 is 15.0 Å². The van der Waals surface area contributed by atoms with E-state index in [9.17, 15) is 13.6 Å². The highest BCUT2D eigenvalue weighted by molar-refractivity contribution is 6.09. The van der Waals surface area contributed by atoms with Gasteiger partial charge in [-0.2, -0.15) is 5.10 Å². The molecule has 2 N–H and O–H groups in total. The molecule has 6 nitrogen and oxygen atoms in total. The van der Waals surface area contributed by atoms with Crippen LogP contribution in [0.2, 0.25) is 0 Å². The number of nitrogens with one attached hydrogen (secondary N) is 2. The second-order valence-corrected chi connectivity index (χ2v) is 8.42. The number of ether oxygens (including phenoxy) is 1. The van der Waals surface area contributed by atoms with Gasteiger partial charge in [0.05, 0.1) is 11.3 Å². The lowest BCUT2D eigenvalue weighted by molar-refractivity contribution is -0.122. The second kappa shape index (κ2) is 7.60. The van der Waals surface area contributed by atoms with Gasteiger partial charge in [-0.15, -0.1) is 0 Å². The first-order chi connectivity index (χ1) is 15.0.